The highest BCUT2D eigenvalue weighted by Crippen LogP contribution is 2.40. The molecule has 0 radical (unpaired) electrons. The fraction of sp³-hybridized carbons (Fsp3) is 0.579. The Kier molecular flexibility index (Phi) is 4.78. The molecule has 130 valence electrons. The van der Waals surface area contributed by atoms with Gasteiger partial charge in [-0.1, -0.05) is 19.1 Å². The third kappa shape index (κ3) is 2.87. The molecule has 2 amide bonds. The molecular formula is C19H26N2O3. The molecule has 0 saturated carbocycles. The number of piperidine rings is 1. The Morgan fingerprint density at radius 1 is 1.21 bits per heavy atom. The maximum absolute atomic E-state index is 12.5. The second-order valence-corrected chi connectivity index (χ2v) is 6.69. The zero-order chi connectivity index (χ0) is 17.3. The van der Waals surface area contributed by atoms with E-state index >= 15 is 0 Å². The largest absolute Gasteiger partial charge is 0.497 e. The van der Waals surface area contributed by atoms with Crippen molar-refractivity contribution < 1.29 is 14.3 Å². The van der Waals surface area contributed by atoms with Gasteiger partial charge in [-0.25, -0.2) is 0 Å². The topological polar surface area (TPSA) is 49.9 Å². The van der Waals surface area contributed by atoms with Crippen LogP contribution in [-0.2, 0) is 9.59 Å². The number of rotatable bonds is 3. The fourth-order valence-electron chi connectivity index (χ4n) is 4.29. The van der Waals surface area contributed by atoms with Gasteiger partial charge in [0.2, 0.25) is 11.8 Å². The molecular weight excluding hydrogens is 304 g/mol. The van der Waals surface area contributed by atoms with Crippen LogP contribution in [0.1, 0.15) is 44.6 Å². The van der Waals surface area contributed by atoms with Crippen molar-refractivity contribution in [3.63, 3.8) is 0 Å². The number of hydrogen-bond acceptors (Lipinski definition) is 3. The van der Waals surface area contributed by atoms with Crippen LogP contribution in [0.2, 0.25) is 0 Å². The number of amides is 2. The molecule has 5 nitrogen and oxygen atoms in total. The Balaban J connectivity index is 1.96. The quantitative estimate of drug-likeness (QED) is 0.855. The molecule has 0 spiro atoms. The molecule has 2 fully saturated rings. The summed E-state index contributed by atoms with van der Waals surface area (Å²) in [7, 11) is 1.65. The molecule has 1 aromatic rings. The van der Waals surface area contributed by atoms with Crippen LogP contribution in [0.15, 0.2) is 24.3 Å². The van der Waals surface area contributed by atoms with Crippen LogP contribution in [0.3, 0.4) is 0 Å². The minimum atomic E-state index is 0.0866. The molecule has 0 aliphatic carbocycles. The van der Waals surface area contributed by atoms with E-state index in [9.17, 15) is 9.59 Å². The first-order chi connectivity index (χ1) is 11.6. The lowest BCUT2D eigenvalue weighted by molar-refractivity contribution is -0.138. The standard InChI is InChI=1S/C19H26N2O3/c1-4-18(23)20-11-5-6-17-19(20)16(12-21(17)13(2)22)14-7-9-15(24-3)10-8-14/h7-10,16-17,19H,4-6,11-12H2,1-3H3/t16-,17-,19-/m1/s1. The number of nitrogens with zero attached hydrogens (tertiary/aromatic N) is 2. The van der Waals surface area contributed by atoms with Gasteiger partial charge in [0.15, 0.2) is 0 Å². The molecule has 3 rings (SSSR count). The van der Waals surface area contributed by atoms with E-state index in [1.165, 1.54) is 5.56 Å². The number of carbonyl (C=O) groups excluding carboxylic acids is 2. The molecule has 2 saturated heterocycles. The van der Waals surface area contributed by atoms with Crippen LogP contribution in [0, 0.1) is 0 Å². The van der Waals surface area contributed by atoms with Crippen molar-refractivity contribution in [2.24, 2.45) is 0 Å². The Labute approximate surface area is 143 Å². The van der Waals surface area contributed by atoms with E-state index in [2.05, 4.69) is 12.1 Å². The Hall–Kier alpha value is -2.04. The number of methoxy groups -OCH3 is 1. The second-order valence-electron chi connectivity index (χ2n) is 6.69. The summed E-state index contributed by atoms with van der Waals surface area (Å²) in [6.45, 7) is 5.02. The molecule has 0 N–H and O–H groups in total. The Morgan fingerprint density at radius 3 is 2.50 bits per heavy atom. The molecule has 24 heavy (non-hydrogen) atoms. The lowest BCUT2D eigenvalue weighted by atomic mass is 9.86. The first kappa shape index (κ1) is 16.8. The number of carbonyl (C=O) groups is 2. The normalized spacial score (nSPS) is 26.2. The highest BCUT2D eigenvalue weighted by molar-refractivity contribution is 5.78. The van der Waals surface area contributed by atoms with E-state index in [1.54, 1.807) is 14.0 Å². The van der Waals surface area contributed by atoms with E-state index in [0.29, 0.717) is 13.0 Å². The van der Waals surface area contributed by atoms with Gasteiger partial charge in [-0.2, -0.15) is 0 Å². The zero-order valence-corrected chi connectivity index (χ0v) is 14.7. The predicted octanol–water partition coefficient (Wildman–Crippen LogP) is 2.41. The third-order valence-electron chi connectivity index (χ3n) is 5.43. The minimum absolute atomic E-state index is 0.0866. The maximum Gasteiger partial charge on any atom is 0.222 e. The van der Waals surface area contributed by atoms with Crippen molar-refractivity contribution in [1.82, 2.24) is 9.80 Å². The van der Waals surface area contributed by atoms with E-state index in [0.717, 1.165) is 25.1 Å². The van der Waals surface area contributed by atoms with Crippen molar-refractivity contribution in [1.29, 1.82) is 0 Å². The molecule has 2 aliphatic heterocycles. The summed E-state index contributed by atoms with van der Waals surface area (Å²) in [4.78, 5) is 28.6. The van der Waals surface area contributed by atoms with Crippen molar-refractivity contribution in [3.05, 3.63) is 29.8 Å². The number of likely N-dealkylation sites (tertiary alicyclic amines) is 2. The Bertz CT molecular complexity index is 614. The Morgan fingerprint density at radius 2 is 1.92 bits per heavy atom. The van der Waals surface area contributed by atoms with Gasteiger partial charge in [-0.3, -0.25) is 9.59 Å². The van der Waals surface area contributed by atoms with Crippen LogP contribution in [0.5, 0.6) is 5.75 Å². The molecule has 0 aromatic heterocycles. The smallest absolute Gasteiger partial charge is 0.222 e. The third-order valence-corrected chi connectivity index (χ3v) is 5.43. The van der Waals surface area contributed by atoms with Gasteiger partial charge >= 0.3 is 0 Å². The van der Waals surface area contributed by atoms with Crippen molar-refractivity contribution in [3.8, 4) is 5.75 Å². The molecule has 2 aliphatic rings. The number of fused-ring (bicyclic) bond motifs is 1. The second kappa shape index (κ2) is 6.83. The van der Waals surface area contributed by atoms with Gasteiger partial charge in [-0.15, -0.1) is 0 Å². The molecule has 1 aromatic carbocycles. The van der Waals surface area contributed by atoms with Crippen molar-refractivity contribution in [2.75, 3.05) is 20.2 Å². The molecule has 3 atom stereocenters. The van der Waals surface area contributed by atoms with Crippen LogP contribution >= 0.6 is 0 Å². The average molecular weight is 330 g/mol. The summed E-state index contributed by atoms with van der Waals surface area (Å²) in [5, 5.41) is 0. The first-order valence-corrected chi connectivity index (χ1v) is 8.77. The average Bonchev–Trinajstić information content (AvgIpc) is 3.01. The zero-order valence-electron chi connectivity index (χ0n) is 14.7. The summed E-state index contributed by atoms with van der Waals surface area (Å²) < 4.78 is 5.25. The lowest BCUT2D eigenvalue weighted by Crippen LogP contribution is -2.53. The summed E-state index contributed by atoms with van der Waals surface area (Å²) in [5.41, 5.74) is 1.17. The number of ether oxygens (including phenoxy) is 1. The van der Waals surface area contributed by atoms with Gasteiger partial charge in [-0.05, 0) is 30.5 Å². The van der Waals surface area contributed by atoms with Gasteiger partial charge in [0, 0.05) is 32.4 Å². The van der Waals surface area contributed by atoms with Gasteiger partial charge in [0.25, 0.3) is 0 Å². The van der Waals surface area contributed by atoms with Gasteiger partial charge in [0.05, 0.1) is 19.2 Å². The number of hydrogen-bond donors (Lipinski definition) is 0. The van der Waals surface area contributed by atoms with Crippen LogP contribution < -0.4 is 4.74 Å². The highest BCUT2D eigenvalue weighted by Gasteiger charge is 2.48. The van der Waals surface area contributed by atoms with E-state index < -0.39 is 0 Å². The monoisotopic (exact) mass is 330 g/mol. The highest BCUT2D eigenvalue weighted by atomic mass is 16.5. The molecule has 5 heteroatoms. The molecule has 0 unspecified atom stereocenters. The van der Waals surface area contributed by atoms with Crippen molar-refractivity contribution >= 4 is 11.8 Å². The van der Waals surface area contributed by atoms with Crippen molar-refractivity contribution in [2.45, 2.75) is 51.1 Å². The van der Waals surface area contributed by atoms with E-state index in [-0.39, 0.29) is 29.8 Å². The molecule has 2 heterocycles. The maximum atomic E-state index is 12.5. The van der Waals surface area contributed by atoms with Crippen LogP contribution in [0.4, 0.5) is 0 Å². The summed E-state index contributed by atoms with van der Waals surface area (Å²) in [5.74, 6) is 1.28. The first-order valence-electron chi connectivity index (χ1n) is 8.77. The van der Waals surface area contributed by atoms with Crippen LogP contribution in [0.25, 0.3) is 0 Å². The predicted molar refractivity (Wildman–Crippen MR) is 91.9 cm³/mol. The lowest BCUT2D eigenvalue weighted by Gasteiger charge is -2.41. The molecule has 0 bridgehead atoms. The van der Waals surface area contributed by atoms with E-state index in [4.69, 9.17) is 4.74 Å². The summed E-state index contributed by atoms with van der Waals surface area (Å²) in [6.07, 6.45) is 2.45. The number of benzene rings is 1. The SMILES string of the molecule is CCC(=O)N1CCC[C@@H]2[C@H]1[C@@H](c1ccc(OC)cc1)CN2C(C)=O. The summed E-state index contributed by atoms with van der Waals surface area (Å²) >= 11 is 0. The van der Waals surface area contributed by atoms with Gasteiger partial charge < -0.3 is 14.5 Å². The summed E-state index contributed by atoms with van der Waals surface area (Å²) in [6, 6.07) is 8.26. The fourth-order valence-corrected chi connectivity index (χ4v) is 4.29. The van der Waals surface area contributed by atoms with Gasteiger partial charge in [0.1, 0.15) is 5.75 Å². The minimum Gasteiger partial charge on any atom is -0.497 e. The van der Waals surface area contributed by atoms with E-state index in [1.807, 2.05) is 28.9 Å². The van der Waals surface area contributed by atoms with Crippen LogP contribution in [-0.4, -0.2) is 53.9 Å².